The predicted octanol–water partition coefficient (Wildman–Crippen LogP) is 1.48. The molecule has 1 heterocycles. The number of nitrogens with zero attached hydrogens (tertiary/aromatic N) is 1. The van der Waals surface area contributed by atoms with Crippen LogP contribution in [0.5, 0.6) is 0 Å². The minimum Gasteiger partial charge on any atom is -0.374 e. The second-order valence-corrected chi connectivity index (χ2v) is 5.01. The van der Waals surface area contributed by atoms with E-state index in [1.54, 1.807) is 0 Å². The molecule has 0 aliphatic carbocycles. The molecule has 0 aromatic rings. The number of hydrogen-bond donors (Lipinski definition) is 1. The zero-order valence-corrected chi connectivity index (χ0v) is 10.6. The molecule has 0 bridgehead atoms. The van der Waals surface area contributed by atoms with Crippen LogP contribution in [0.3, 0.4) is 0 Å². The number of ether oxygens (including phenoxy) is 1. The number of rotatable bonds is 5. The Labute approximate surface area is 94.2 Å². The van der Waals surface area contributed by atoms with Crippen LogP contribution >= 0.6 is 0 Å². The Kier molecular flexibility index (Phi) is 5.58. The smallest absolute Gasteiger partial charge is 0.0675 e. The summed E-state index contributed by atoms with van der Waals surface area (Å²) in [5.41, 5.74) is 0. The summed E-state index contributed by atoms with van der Waals surface area (Å²) in [5, 5.41) is 3.41. The van der Waals surface area contributed by atoms with Crippen molar-refractivity contribution in [3.8, 4) is 0 Å². The van der Waals surface area contributed by atoms with E-state index in [9.17, 15) is 0 Å². The van der Waals surface area contributed by atoms with Crippen molar-refractivity contribution in [3.05, 3.63) is 0 Å². The summed E-state index contributed by atoms with van der Waals surface area (Å²) in [5.74, 6) is 0. The maximum absolute atomic E-state index is 6.00. The molecule has 15 heavy (non-hydrogen) atoms. The van der Waals surface area contributed by atoms with E-state index in [-0.39, 0.29) is 0 Å². The molecule has 1 saturated heterocycles. The van der Waals surface area contributed by atoms with E-state index in [1.165, 1.54) is 25.9 Å². The molecular formula is C12H26N2O. The van der Waals surface area contributed by atoms with E-state index in [1.807, 2.05) is 0 Å². The van der Waals surface area contributed by atoms with Gasteiger partial charge in [0.05, 0.1) is 12.2 Å². The van der Waals surface area contributed by atoms with Gasteiger partial charge in [0, 0.05) is 25.7 Å². The van der Waals surface area contributed by atoms with Gasteiger partial charge in [-0.25, -0.2) is 0 Å². The number of hydrogen-bond acceptors (Lipinski definition) is 3. The average Bonchev–Trinajstić information content (AvgIpc) is 2.19. The summed E-state index contributed by atoms with van der Waals surface area (Å²) in [6, 6.07) is 0.550. The summed E-state index contributed by atoms with van der Waals surface area (Å²) in [7, 11) is 2.18. The molecule has 1 fully saturated rings. The lowest BCUT2D eigenvalue weighted by Gasteiger charge is -2.31. The first-order valence-corrected chi connectivity index (χ1v) is 6.15. The highest BCUT2D eigenvalue weighted by atomic mass is 16.5. The minimum atomic E-state index is 0.334. The molecule has 1 rings (SSSR count). The Morgan fingerprint density at radius 1 is 1.27 bits per heavy atom. The molecule has 0 radical (unpaired) electrons. The maximum Gasteiger partial charge on any atom is 0.0675 e. The molecule has 0 saturated carbocycles. The van der Waals surface area contributed by atoms with Gasteiger partial charge in [0.25, 0.3) is 0 Å². The Morgan fingerprint density at radius 3 is 2.40 bits per heavy atom. The van der Waals surface area contributed by atoms with Gasteiger partial charge in [0.15, 0.2) is 0 Å². The molecule has 0 amide bonds. The van der Waals surface area contributed by atoms with E-state index < -0.39 is 0 Å². The molecule has 1 aliphatic heterocycles. The second-order valence-electron chi connectivity index (χ2n) is 5.01. The van der Waals surface area contributed by atoms with Crippen molar-refractivity contribution in [2.24, 2.45) is 0 Å². The van der Waals surface area contributed by atoms with E-state index in [0.717, 1.165) is 6.54 Å². The lowest BCUT2D eigenvalue weighted by atomic mass is 10.1. The van der Waals surface area contributed by atoms with Gasteiger partial charge in [-0.05, 0) is 26.8 Å². The molecule has 3 heteroatoms. The van der Waals surface area contributed by atoms with Crippen LogP contribution in [0.15, 0.2) is 0 Å². The van der Waals surface area contributed by atoms with Crippen molar-refractivity contribution in [3.63, 3.8) is 0 Å². The maximum atomic E-state index is 6.00. The molecular weight excluding hydrogens is 188 g/mol. The van der Waals surface area contributed by atoms with E-state index in [2.05, 4.69) is 38.0 Å². The van der Waals surface area contributed by atoms with Gasteiger partial charge in [-0.2, -0.15) is 0 Å². The summed E-state index contributed by atoms with van der Waals surface area (Å²) in [6.07, 6.45) is 3.18. The Hall–Kier alpha value is -0.120. The Bertz CT molecular complexity index is 165. The Balaban J connectivity index is 2.12. The molecule has 3 nitrogen and oxygen atoms in total. The van der Waals surface area contributed by atoms with Crippen LogP contribution in [-0.4, -0.2) is 49.8 Å². The fraction of sp³-hybridized carbons (Fsp3) is 1.00. The monoisotopic (exact) mass is 214 g/mol. The van der Waals surface area contributed by atoms with Crippen molar-refractivity contribution in [1.82, 2.24) is 10.2 Å². The quantitative estimate of drug-likeness (QED) is 0.750. The first-order valence-electron chi connectivity index (χ1n) is 6.15. The van der Waals surface area contributed by atoms with Gasteiger partial charge in [-0.3, -0.25) is 0 Å². The van der Waals surface area contributed by atoms with Gasteiger partial charge >= 0.3 is 0 Å². The summed E-state index contributed by atoms with van der Waals surface area (Å²) in [6.45, 7) is 9.81. The van der Waals surface area contributed by atoms with Crippen LogP contribution in [0, 0.1) is 0 Å². The molecule has 1 atom stereocenters. The van der Waals surface area contributed by atoms with Gasteiger partial charge < -0.3 is 15.0 Å². The predicted molar refractivity (Wildman–Crippen MR) is 64.2 cm³/mol. The molecule has 1 N–H and O–H groups in total. The van der Waals surface area contributed by atoms with Crippen molar-refractivity contribution in [1.29, 1.82) is 0 Å². The molecule has 0 aromatic heterocycles. The molecule has 1 aliphatic rings. The third kappa shape index (κ3) is 5.50. The van der Waals surface area contributed by atoms with Crippen molar-refractivity contribution < 1.29 is 4.74 Å². The Morgan fingerprint density at radius 2 is 1.87 bits per heavy atom. The van der Waals surface area contributed by atoms with Crippen LogP contribution in [0.25, 0.3) is 0 Å². The third-order valence-corrected chi connectivity index (χ3v) is 2.90. The molecule has 0 spiro atoms. The fourth-order valence-corrected chi connectivity index (χ4v) is 1.90. The molecule has 90 valence electrons. The van der Waals surface area contributed by atoms with Crippen molar-refractivity contribution >= 4 is 0 Å². The van der Waals surface area contributed by atoms with Gasteiger partial charge in [-0.15, -0.1) is 0 Å². The number of likely N-dealkylation sites (tertiary alicyclic amines) is 1. The highest BCUT2D eigenvalue weighted by Crippen LogP contribution is 2.13. The first kappa shape index (κ1) is 12.9. The van der Waals surface area contributed by atoms with E-state index in [0.29, 0.717) is 18.2 Å². The van der Waals surface area contributed by atoms with Crippen LogP contribution in [-0.2, 0) is 4.74 Å². The number of nitrogens with one attached hydrogen (secondary N) is 1. The fourth-order valence-electron chi connectivity index (χ4n) is 1.90. The topological polar surface area (TPSA) is 24.5 Å². The highest BCUT2D eigenvalue weighted by molar-refractivity contribution is 4.71. The van der Waals surface area contributed by atoms with Crippen LogP contribution in [0.1, 0.15) is 33.6 Å². The third-order valence-electron chi connectivity index (χ3n) is 2.90. The van der Waals surface area contributed by atoms with Crippen molar-refractivity contribution in [2.75, 3.05) is 26.7 Å². The van der Waals surface area contributed by atoms with Gasteiger partial charge in [0.1, 0.15) is 0 Å². The zero-order chi connectivity index (χ0) is 11.3. The minimum absolute atomic E-state index is 0.334. The average molecular weight is 214 g/mol. The van der Waals surface area contributed by atoms with Gasteiger partial charge in [-0.1, -0.05) is 13.8 Å². The van der Waals surface area contributed by atoms with Crippen LogP contribution < -0.4 is 5.32 Å². The zero-order valence-electron chi connectivity index (χ0n) is 10.6. The largest absolute Gasteiger partial charge is 0.374 e. The lowest BCUT2D eigenvalue weighted by Crippen LogP contribution is -2.39. The first-order chi connectivity index (χ1) is 7.08. The normalized spacial score (nSPS) is 22.2. The lowest BCUT2D eigenvalue weighted by molar-refractivity contribution is -0.0309. The van der Waals surface area contributed by atoms with Crippen LogP contribution in [0.4, 0.5) is 0 Å². The molecule has 1 unspecified atom stereocenters. The van der Waals surface area contributed by atoms with E-state index in [4.69, 9.17) is 4.74 Å². The molecule has 0 aromatic carbocycles. The van der Waals surface area contributed by atoms with Crippen molar-refractivity contribution in [2.45, 2.75) is 51.9 Å². The SMILES string of the molecule is CC(C)NCC(C)OC1CCN(C)CC1. The van der Waals surface area contributed by atoms with Crippen LogP contribution in [0.2, 0.25) is 0 Å². The number of piperidine rings is 1. The van der Waals surface area contributed by atoms with Gasteiger partial charge in [0.2, 0.25) is 0 Å². The highest BCUT2D eigenvalue weighted by Gasteiger charge is 2.19. The summed E-state index contributed by atoms with van der Waals surface area (Å²) < 4.78 is 6.00. The second kappa shape index (κ2) is 6.46. The standard InChI is InChI=1S/C12H26N2O/c1-10(2)13-9-11(3)15-12-5-7-14(4)8-6-12/h10-13H,5-9H2,1-4H3. The van der Waals surface area contributed by atoms with E-state index >= 15 is 0 Å². The summed E-state index contributed by atoms with van der Waals surface area (Å²) in [4.78, 5) is 2.37. The summed E-state index contributed by atoms with van der Waals surface area (Å²) >= 11 is 0.